The van der Waals surface area contributed by atoms with Gasteiger partial charge in [0.2, 0.25) is 5.13 Å². The molecule has 1 aromatic heterocycles. The maximum absolute atomic E-state index is 11.6. The van der Waals surface area contributed by atoms with Gasteiger partial charge < -0.3 is 19.5 Å². The Kier molecular flexibility index (Phi) is 8.95. The van der Waals surface area contributed by atoms with E-state index in [0.717, 1.165) is 38.0 Å². The third-order valence-electron chi connectivity index (χ3n) is 5.90. The molecule has 4 aromatic carbocycles. The number of carbonyl (C=O) groups excluding carboxylic acids is 1. The molecule has 5 rings (SSSR count). The Bertz CT molecular complexity index is 1570. The first-order valence-corrected chi connectivity index (χ1v) is 14.3. The van der Waals surface area contributed by atoms with Crippen molar-refractivity contribution in [2.45, 2.75) is 17.3 Å². The maximum Gasteiger partial charge on any atom is 0.337 e. The highest BCUT2D eigenvalue weighted by Crippen LogP contribution is 2.34. The molecule has 0 fully saturated rings. The highest BCUT2D eigenvalue weighted by atomic mass is 32.2. The number of anilines is 2. The standard InChI is InChI=1S/C31H27N3O4S2/c1-36-26-15-24(16-27(18-26)38-19-21-7-4-3-5-8-21)29-33-34-31(40-29)32-25-9-6-10-28(17-25)39-20-22-11-13-23(14-12-22)30(35)37-2/h3-18H,19-20H2,1-2H3,(H,32,34). The topological polar surface area (TPSA) is 82.6 Å². The zero-order valence-electron chi connectivity index (χ0n) is 22.0. The van der Waals surface area contributed by atoms with Crippen LogP contribution in [0.25, 0.3) is 10.6 Å². The van der Waals surface area contributed by atoms with Crippen LogP contribution in [-0.4, -0.2) is 30.4 Å². The normalized spacial score (nSPS) is 10.7. The Morgan fingerprint density at radius 3 is 2.42 bits per heavy atom. The van der Waals surface area contributed by atoms with Gasteiger partial charge in [-0.15, -0.1) is 22.0 Å². The van der Waals surface area contributed by atoms with E-state index in [-0.39, 0.29) is 5.97 Å². The number of nitrogens with one attached hydrogen (secondary N) is 1. The van der Waals surface area contributed by atoms with Crippen molar-refractivity contribution in [3.05, 3.63) is 114 Å². The number of carbonyl (C=O) groups is 1. The summed E-state index contributed by atoms with van der Waals surface area (Å²) in [6, 6.07) is 31.4. The summed E-state index contributed by atoms with van der Waals surface area (Å²) in [5, 5.41) is 13.6. The molecule has 0 amide bonds. The number of nitrogens with zero attached hydrogens (tertiary/aromatic N) is 2. The van der Waals surface area contributed by atoms with E-state index in [9.17, 15) is 4.79 Å². The van der Waals surface area contributed by atoms with Crippen LogP contribution in [0.4, 0.5) is 10.8 Å². The van der Waals surface area contributed by atoms with Crippen molar-refractivity contribution < 1.29 is 19.0 Å². The Morgan fingerprint density at radius 1 is 0.850 bits per heavy atom. The fraction of sp³-hybridized carbons (Fsp3) is 0.129. The molecule has 0 spiro atoms. The molecule has 9 heteroatoms. The van der Waals surface area contributed by atoms with Crippen LogP contribution in [0.15, 0.2) is 102 Å². The lowest BCUT2D eigenvalue weighted by molar-refractivity contribution is 0.0600. The van der Waals surface area contributed by atoms with Gasteiger partial charge >= 0.3 is 5.97 Å². The van der Waals surface area contributed by atoms with Gasteiger partial charge in [-0.05, 0) is 53.6 Å². The smallest absolute Gasteiger partial charge is 0.337 e. The van der Waals surface area contributed by atoms with Crippen LogP contribution in [-0.2, 0) is 17.1 Å². The molecule has 5 aromatic rings. The molecule has 0 aliphatic rings. The largest absolute Gasteiger partial charge is 0.497 e. The first-order chi connectivity index (χ1) is 19.6. The van der Waals surface area contributed by atoms with Gasteiger partial charge in [0, 0.05) is 28.0 Å². The first kappa shape index (κ1) is 27.2. The van der Waals surface area contributed by atoms with Gasteiger partial charge in [-0.25, -0.2) is 4.79 Å². The summed E-state index contributed by atoms with van der Waals surface area (Å²) in [6.45, 7) is 0.462. The van der Waals surface area contributed by atoms with Gasteiger partial charge in [0.25, 0.3) is 0 Å². The van der Waals surface area contributed by atoms with Crippen molar-refractivity contribution in [1.29, 1.82) is 0 Å². The zero-order valence-corrected chi connectivity index (χ0v) is 23.6. The van der Waals surface area contributed by atoms with E-state index in [1.165, 1.54) is 18.4 Å². The summed E-state index contributed by atoms with van der Waals surface area (Å²) in [7, 11) is 3.02. The van der Waals surface area contributed by atoms with E-state index >= 15 is 0 Å². The number of benzene rings is 4. The number of methoxy groups -OCH3 is 2. The minimum absolute atomic E-state index is 0.332. The van der Waals surface area contributed by atoms with Crippen molar-refractivity contribution in [3.8, 4) is 22.1 Å². The number of esters is 1. The molecule has 1 heterocycles. The van der Waals surface area contributed by atoms with Crippen LogP contribution in [0.3, 0.4) is 0 Å². The predicted molar refractivity (Wildman–Crippen MR) is 160 cm³/mol. The van der Waals surface area contributed by atoms with Crippen LogP contribution in [0.2, 0.25) is 0 Å². The van der Waals surface area contributed by atoms with Crippen molar-refractivity contribution in [3.63, 3.8) is 0 Å². The van der Waals surface area contributed by atoms with Gasteiger partial charge in [-0.2, -0.15) is 0 Å². The third-order valence-corrected chi connectivity index (χ3v) is 7.85. The summed E-state index contributed by atoms with van der Waals surface area (Å²) >= 11 is 3.17. The lowest BCUT2D eigenvalue weighted by atomic mass is 10.1. The molecular weight excluding hydrogens is 542 g/mol. The van der Waals surface area contributed by atoms with E-state index in [4.69, 9.17) is 14.2 Å². The van der Waals surface area contributed by atoms with Crippen molar-refractivity contribution in [2.24, 2.45) is 0 Å². The Hall–Kier alpha value is -4.34. The molecule has 1 N–H and O–H groups in total. The zero-order chi connectivity index (χ0) is 27.7. The molecule has 202 valence electrons. The minimum Gasteiger partial charge on any atom is -0.497 e. The second-order valence-electron chi connectivity index (χ2n) is 8.71. The van der Waals surface area contributed by atoms with Gasteiger partial charge in [0.1, 0.15) is 23.1 Å². The lowest BCUT2D eigenvalue weighted by Gasteiger charge is -2.10. The molecule has 40 heavy (non-hydrogen) atoms. The van der Waals surface area contributed by atoms with E-state index in [2.05, 4.69) is 27.6 Å². The van der Waals surface area contributed by atoms with E-state index in [1.807, 2.05) is 72.8 Å². The molecule has 0 aliphatic heterocycles. The van der Waals surface area contributed by atoms with E-state index < -0.39 is 0 Å². The quantitative estimate of drug-likeness (QED) is 0.129. The maximum atomic E-state index is 11.6. The second kappa shape index (κ2) is 13.1. The van der Waals surface area contributed by atoms with Crippen molar-refractivity contribution in [1.82, 2.24) is 10.2 Å². The number of aromatic nitrogens is 2. The molecule has 0 atom stereocenters. The fourth-order valence-electron chi connectivity index (χ4n) is 3.84. The van der Waals surface area contributed by atoms with Crippen LogP contribution in [0.1, 0.15) is 21.5 Å². The average Bonchev–Trinajstić information content (AvgIpc) is 3.48. The summed E-state index contributed by atoms with van der Waals surface area (Å²) < 4.78 is 16.3. The number of hydrogen-bond acceptors (Lipinski definition) is 9. The first-order valence-electron chi connectivity index (χ1n) is 12.5. The minimum atomic E-state index is -0.332. The van der Waals surface area contributed by atoms with Crippen molar-refractivity contribution >= 4 is 39.9 Å². The third kappa shape index (κ3) is 7.19. The summed E-state index contributed by atoms with van der Waals surface area (Å²) in [5.74, 6) is 1.84. The highest BCUT2D eigenvalue weighted by molar-refractivity contribution is 7.98. The van der Waals surface area contributed by atoms with Crippen LogP contribution >= 0.6 is 23.1 Å². The van der Waals surface area contributed by atoms with Crippen LogP contribution in [0, 0.1) is 0 Å². The average molecular weight is 570 g/mol. The summed E-state index contributed by atoms with van der Waals surface area (Å²) in [4.78, 5) is 12.7. The summed E-state index contributed by atoms with van der Waals surface area (Å²) in [6.07, 6.45) is 0. The number of hydrogen-bond donors (Lipinski definition) is 1. The molecule has 0 unspecified atom stereocenters. The lowest BCUT2D eigenvalue weighted by Crippen LogP contribution is -2.00. The van der Waals surface area contributed by atoms with E-state index in [0.29, 0.717) is 28.8 Å². The molecular formula is C31H27N3O4S2. The van der Waals surface area contributed by atoms with E-state index in [1.54, 1.807) is 31.0 Å². The highest BCUT2D eigenvalue weighted by Gasteiger charge is 2.12. The second-order valence-corrected chi connectivity index (χ2v) is 10.7. The Balaban J connectivity index is 1.23. The SMILES string of the molecule is COC(=O)c1ccc(CSc2cccc(Nc3nnc(-c4cc(OC)cc(OCc5ccccc5)c4)s3)c2)cc1. The van der Waals surface area contributed by atoms with Gasteiger partial charge in [0.05, 0.1) is 19.8 Å². The van der Waals surface area contributed by atoms with Crippen LogP contribution < -0.4 is 14.8 Å². The van der Waals surface area contributed by atoms with Crippen LogP contribution in [0.5, 0.6) is 11.5 Å². The summed E-state index contributed by atoms with van der Waals surface area (Å²) in [5.41, 5.74) is 4.55. The molecule has 0 radical (unpaired) electrons. The number of ether oxygens (including phenoxy) is 3. The van der Waals surface area contributed by atoms with Gasteiger partial charge in [-0.1, -0.05) is 59.9 Å². The number of rotatable bonds is 11. The Morgan fingerprint density at radius 2 is 1.65 bits per heavy atom. The van der Waals surface area contributed by atoms with Crippen molar-refractivity contribution in [2.75, 3.05) is 19.5 Å². The predicted octanol–water partition coefficient (Wildman–Crippen LogP) is 7.62. The monoisotopic (exact) mass is 569 g/mol. The van der Waals surface area contributed by atoms with Gasteiger partial charge in [0.15, 0.2) is 0 Å². The fourth-order valence-corrected chi connectivity index (χ4v) is 5.50. The molecule has 0 saturated carbocycles. The number of thioether (sulfide) groups is 1. The molecule has 0 saturated heterocycles. The molecule has 0 bridgehead atoms. The van der Waals surface area contributed by atoms with Gasteiger partial charge in [-0.3, -0.25) is 0 Å². The molecule has 0 aliphatic carbocycles. The Labute approximate surface area is 241 Å². The molecule has 7 nitrogen and oxygen atoms in total.